The van der Waals surface area contributed by atoms with E-state index in [-0.39, 0.29) is 12.1 Å². The van der Waals surface area contributed by atoms with Gasteiger partial charge in [0.1, 0.15) is 6.04 Å². The quantitative estimate of drug-likeness (QED) is 0.603. The average molecular weight is 346 g/mol. The molecule has 2 aliphatic rings. The molecule has 2 amide bonds. The SMILES string of the molecule is O=C(N1CCCC1)N1CCC[C@H]1C(=S)OCCCc1ccccc1. The van der Waals surface area contributed by atoms with Gasteiger partial charge in [-0.1, -0.05) is 30.3 Å². The highest BCUT2D eigenvalue weighted by molar-refractivity contribution is 7.80. The first-order chi connectivity index (χ1) is 11.8. The normalized spacial score (nSPS) is 20.4. The molecule has 0 aromatic heterocycles. The van der Waals surface area contributed by atoms with E-state index in [2.05, 4.69) is 24.3 Å². The molecule has 24 heavy (non-hydrogen) atoms. The average Bonchev–Trinajstić information content (AvgIpc) is 3.30. The molecule has 1 aromatic carbocycles. The van der Waals surface area contributed by atoms with Gasteiger partial charge in [0.05, 0.1) is 6.61 Å². The number of urea groups is 1. The van der Waals surface area contributed by atoms with Crippen LogP contribution in [0.3, 0.4) is 0 Å². The van der Waals surface area contributed by atoms with E-state index in [1.54, 1.807) is 0 Å². The van der Waals surface area contributed by atoms with E-state index in [0.717, 1.165) is 58.2 Å². The second kappa shape index (κ2) is 8.47. The standard InChI is InChI=1S/C19H26N2O2S/c22-19(20-12-4-5-13-20)21-14-6-11-17(21)18(24)23-15-7-10-16-8-2-1-3-9-16/h1-3,8-9,17H,4-7,10-15H2/t17-/m0/s1. The minimum Gasteiger partial charge on any atom is -0.485 e. The van der Waals surface area contributed by atoms with E-state index in [1.807, 2.05) is 15.9 Å². The molecule has 130 valence electrons. The Morgan fingerprint density at radius 3 is 2.62 bits per heavy atom. The molecule has 0 aliphatic carbocycles. The number of amides is 2. The van der Waals surface area contributed by atoms with Crippen LogP contribution in [0.4, 0.5) is 4.79 Å². The Bertz CT molecular complexity index is 558. The fourth-order valence-electron chi connectivity index (χ4n) is 3.52. The van der Waals surface area contributed by atoms with Crippen LogP contribution in [0, 0.1) is 0 Å². The summed E-state index contributed by atoms with van der Waals surface area (Å²) in [5.74, 6) is 0. The Hall–Kier alpha value is -1.62. The molecule has 2 fully saturated rings. The van der Waals surface area contributed by atoms with Crippen LogP contribution in [0.2, 0.25) is 0 Å². The number of rotatable bonds is 5. The number of benzene rings is 1. The third-order valence-corrected chi connectivity index (χ3v) is 5.23. The number of carbonyl (C=O) groups excluding carboxylic acids is 1. The zero-order valence-electron chi connectivity index (χ0n) is 14.2. The van der Waals surface area contributed by atoms with Gasteiger partial charge in [-0.15, -0.1) is 0 Å². The smallest absolute Gasteiger partial charge is 0.320 e. The molecule has 4 nitrogen and oxygen atoms in total. The Morgan fingerprint density at radius 2 is 1.88 bits per heavy atom. The number of carbonyl (C=O) groups is 1. The topological polar surface area (TPSA) is 32.8 Å². The van der Waals surface area contributed by atoms with Gasteiger partial charge < -0.3 is 14.5 Å². The van der Waals surface area contributed by atoms with Crippen molar-refractivity contribution in [1.82, 2.24) is 9.80 Å². The van der Waals surface area contributed by atoms with Crippen LogP contribution in [0.1, 0.15) is 37.7 Å². The molecule has 0 bridgehead atoms. The molecule has 2 aliphatic heterocycles. The minimum absolute atomic E-state index is 0.0233. The molecule has 0 unspecified atom stereocenters. The highest BCUT2D eigenvalue weighted by Crippen LogP contribution is 2.23. The molecule has 2 saturated heterocycles. The van der Waals surface area contributed by atoms with Gasteiger partial charge in [0.15, 0.2) is 5.05 Å². The summed E-state index contributed by atoms with van der Waals surface area (Å²) in [6, 6.07) is 10.5. The van der Waals surface area contributed by atoms with E-state index in [4.69, 9.17) is 17.0 Å². The summed E-state index contributed by atoms with van der Waals surface area (Å²) >= 11 is 5.48. The van der Waals surface area contributed by atoms with Crippen LogP contribution in [-0.4, -0.2) is 53.2 Å². The van der Waals surface area contributed by atoms with Crippen LogP contribution in [0.15, 0.2) is 30.3 Å². The van der Waals surface area contributed by atoms with Gasteiger partial charge in [0, 0.05) is 19.6 Å². The molecule has 5 heteroatoms. The van der Waals surface area contributed by atoms with Gasteiger partial charge in [-0.05, 0) is 56.3 Å². The molecule has 2 heterocycles. The third kappa shape index (κ3) is 4.26. The molecule has 0 radical (unpaired) electrons. The monoisotopic (exact) mass is 346 g/mol. The van der Waals surface area contributed by atoms with E-state index < -0.39 is 0 Å². The maximum Gasteiger partial charge on any atom is 0.320 e. The first kappa shape index (κ1) is 17.2. The fraction of sp³-hybridized carbons (Fsp3) is 0.579. The van der Waals surface area contributed by atoms with E-state index in [9.17, 15) is 4.79 Å². The molecule has 0 spiro atoms. The van der Waals surface area contributed by atoms with Crippen molar-refractivity contribution in [3.63, 3.8) is 0 Å². The number of ether oxygens (including phenoxy) is 1. The number of hydrogen-bond acceptors (Lipinski definition) is 3. The first-order valence-electron chi connectivity index (χ1n) is 9.02. The molecule has 1 aromatic rings. The first-order valence-corrected chi connectivity index (χ1v) is 9.42. The van der Waals surface area contributed by atoms with Crippen LogP contribution >= 0.6 is 12.2 Å². The summed E-state index contributed by atoms with van der Waals surface area (Å²) in [6.07, 6.45) is 6.10. The third-order valence-electron chi connectivity index (χ3n) is 4.84. The Morgan fingerprint density at radius 1 is 1.12 bits per heavy atom. The zero-order chi connectivity index (χ0) is 16.8. The lowest BCUT2D eigenvalue weighted by Gasteiger charge is -2.29. The molecular formula is C19H26N2O2S. The van der Waals surface area contributed by atoms with Crippen LogP contribution in [-0.2, 0) is 11.2 Å². The van der Waals surface area contributed by atoms with Crippen LogP contribution in [0.5, 0.6) is 0 Å². The molecule has 0 saturated carbocycles. The van der Waals surface area contributed by atoms with Gasteiger partial charge >= 0.3 is 6.03 Å². The second-order valence-electron chi connectivity index (χ2n) is 6.58. The summed E-state index contributed by atoms with van der Waals surface area (Å²) in [4.78, 5) is 16.5. The van der Waals surface area contributed by atoms with Crippen LogP contribution in [0.25, 0.3) is 0 Å². The molecular weight excluding hydrogens is 320 g/mol. The number of hydrogen-bond donors (Lipinski definition) is 0. The van der Waals surface area contributed by atoms with Crippen molar-refractivity contribution in [3.8, 4) is 0 Å². The van der Waals surface area contributed by atoms with Gasteiger partial charge in [0.2, 0.25) is 0 Å². The van der Waals surface area contributed by atoms with Crippen molar-refractivity contribution in [3.05, 3.63) is 35.9 Å². The maximum atomic E-state index is 12.6. The number of nitrogens with zero attached hydrogens (tertiary/aromatic N) is 2. The lowest BCUT2D eigenvalue weighted by molar-refractivity contribution is 0.161. The summed E-state index contributed by atoms with van der Waals surface area (Å²) in [7, 11) is 0. The number of aryl methyl sites for hydroxylation is 1. The Balaban J connectivity index is 1.44. The lowest BCUT2D eigenvalue weighted by atomic mass is 10.1. The van der Waals surface area contributed by atoms with E-state index in [1.165, 1.54) is 5.56 Å². The fourth-order valence-corrected chi connectivity index (χ4v) is 3.85. The van der Waals surface area contributed by atoms with E-state index >= 15 is 0 Å². The lowest BCUT2D eigenvalue weighted by Crippen LogP contribution is -2.47. The highest BCUT2D eigenvalue weighted by atomic mass is 32.1. The van der Waals surface area contributed by atoms with Gasteiger partial charge in [0.25, 0.3) is 0 Å². The van der Waals surface area contributed by atoms with Gasteiger partial charge in [-0.2, -0.15) is 0 Å². The predicted octanol–water partition coefficient (Wildman–Crippen LogP) is 3.64. The van der Waals surface area contributed by atoms with Crippen molar-refractivity contribution < 1.29 is 9.53 Å². The molecule has 3 rings (SSSR count). The van der Waals surface area contributed by atoms with Gasteiger partial charge in [-0.25, -0.2) is 4.79 Å². The van der Waals surface area contributed by atoms with Crippen molar-refractivity contribution in [1.29, 1.82) is 0 Å². The summed E-state index contributed by atoms with van der Waals surface area (Å²) in [6.45, 7) is 3.18. The van der Waals surface area contributed by atoms with Crippen molar-refractivity contribution in [2.24, 2.45) is 0 Å². The number of likely N-dealkylation sites (tertiary alicyclic amines) is 2. The second-order valence-corrected chi connectivity index (χ2v) is 6.99. The number of thiocarbonyl (C=S) groups is 1. The van der Waals surface area contributed by atoms with Crippen molar-refractivity contribution in [2.75, 3.05) is 26.2 Å². The van der Waals surface area contributed by atoms with E-state index in [0.29, 0.717) is 11.7 Å². The molecule has 1 atom stereocenters. The summed E-state index contributed by atoms with van der Waals surface area (Å²) in [5.41, 5.74) is 1.32. The van der Waals surface area contributed by atoms with Gasteiger partial charge in [-0.3, -0.25) is 0 Å². The summed E-state index contributed by atoms with van der Waals surface area (Å²) < 4.78 is 5.81. The molecule has 0 N–H and O–H groups in total. The maximum absolute atomic E-state index is 12.6. The Kier molecular flexibility index (Phi) is 6.07. The van der Waals surface area contributed by atoms with Crippen molar-refractivity contribution in [2.45, 2.75) is 44.6 Å². The summed E-state index contributed by atoms with van der Waals surface area (Å²) in [5, 5.41) is 0.591. The predicted molar refractivity (Wildman–Crippen MR) is 99.2 cm³/mol. The van der Waals surface area contributed by atoms with Crippen LogP contribution < -0.4 is 0 Å². The largest absolute Gasteiger partial charge is 0.485 e. The zero-order valence-corrected chi connectivity index (χ0v) is 15.0. The van der Waals surface area contributed by atoms with Crippen molar-refractivity contribution >= 4 is 23.3 Å². The highest BCUT2D eigenvalue weighted by Gasteiger charge is 2.35. The minimum atomic E-state index is -0.0233. The Labute approximate surface area is 149 Å².